The minimum absolute atomic E-state index is 0.0694. The van der Waals surface area contributed by atoms with Crippen molar-refractivity contribution in [2.24, 2.45) is 0 Å². The second-order valence-corrected chi connectivity index (χ2v) is 9.78. The number of aryl methyl sites for hydroxylation is 2. The lowest BCUT2D eigenvalue weighted by Crippen LogP contribution is -2.41. The summed E-state index contributed by atoms with van der Waals surface area (Å²) in [5, 5.41) is 2.75. The molecule has 7 nitrogen and oxygen atoms in total. The van der Waals surface area contributed by atoms with Gasteiger partial charge in [0.25, 0.3) is 10.0 Å². The van der Waals surface area contributed by atoms with Gasteiger partial charge in [-0.1, -0.05) is 29.8 Å². The molecule has 0 aromatic heterocycles. The molecule has 0 aliphatic carbocycles. The Morgan fingerprint density at radius 2 is 1.62 bits per heavy atom. The minimum atomic E-state index is -3.99. The van der Waals surface area contributed by atoms with E-state index < -0.39 is 15.9 Å². The maximum atomic E-state index is 13.4. The van der Waals surface area contributed by atoms with Crippen LogP contribution in [0.1, 0.15) is 16.7 Å². The van der Waals surface area contributed by atoms with Crippen molar-refractivity contribution >= 4 is 21.6 Å². The van der Waals surface area contributed by atoms with Crippen LogP contribution in [0.4, 0.5) is 5.69 Å². The molecular weight excluding hydrogens is 452 g/mol. The second-order valence-electron chi connectivity index (χ2n) is 7.92. The molecule has 0 heterocycles. The molecule has 34 heavy (non-hydrogen) atoms. The predicted molar refractivity (Wildman–Crippen MR) is 133 cm³/mol. The van der Waals surface area contributed by atoms with Crippen LogP contribution < -0.4 is 19.1 Å². The molecule has 1 amide bonds. The summed E-state index contributed by atoms with van der Waals surface area (Å²) in [6.45, 7) is 6.05. The van der Waals surface area contributed by atoms with Crippen molar-refractivity contribution in [2.75, 3.05) is 31.1 Å². The maximum absolute atomic E-state index is 13.4. The first-order valence-electron chi connectivity index (χ1n) is 10.9. The number of rotatable bonds is 10. The summed E-state index contributed by atoms with van der Waals surface area (Å²) in [4.78, 5) is 12.8. The molecule has 180 valence electrons. The predicted octanol–water partition coefficient (Wildman–Crippen LogP) is 4.01. The first-order valence-corrected chi connectivity index (χ1v) is 12.4. The van der Waals surface area contributed by atoms with Gasteiger partial charge in [-0.25, -0.2) is 8.42 Å². The Morgan fingerprint density at radius 1 is 0.941 bits per heavy atom. The maximum Gasteiger partial charge on any atom is 0.264 e. The molecule has 3 rings (SSSR count). The molecule has 0 fully saturated rings. The lowest BCUT2D eigenvalue weighted by molar-refractivity contribution is -0.119. The largest absolute Gasteiger partial charge is 0.497 e. The van der Waals surface area contributed by atoms with E-state index in [0.29, 0.717) is 11.4 Å². The number of hydrogen-bond acceptors (Lipinski definition) is 5. The highest BCUT2D eigenvalue weighted by molar-refractivity contribution is 7.92. The van der Waals surface area contributed by atoms with Gasteiger partial charge in [-0.2, -0.15) is 0 Å². The molecule has 3 aromatic carbocycles. The average Bonchev–Trinajstić information content (AvgIpc) is 2.83. The van der Waals surface area contributed by atoms with E-state index in [0.717, 1.165) is 26.7 Å². The number of nitrogens with one attached hydrogen (secondary N) is 1. The van der Waals surface area contributed by atoms with Gasteiger partial charge in [0.2, 0.25) is 5.91 Å². The molecular formula is C26H30N2O5S. The number of sulfonamides is 1. The third kappa shape index (κ3) is 6.08. The van der Waals surface area contributed by atoms with Crippen molar-refractivity contribution in [3.05, 3.63) is 83.4 Å². The number of nitrogens with zero attached hydrogens (tertiary/aromatic N) is 1. The highest BCUT2D eigenvalue weighted by Crippen LogP contribution is 2.25. The van der Waals surface area contributed by atoms with Crippen molar-refractivity contribution in [1.29, 1.82) is 0 Å². The molecule has 3 aromatic rings. The van der Waals surface area contributed by atoms with Gasteiger partial charge in [0.15, 0.2) is 0 Å². The summed E-state index contributed by atoms with van der Waals surface area (Å²) < 4.78 is 38.8. The van der Waals surface area contributed by atoms with Crippen LogP contribution in [-0.4, -0.2) is 41.1 Å². The number of benzene rings is 3. The van der Waals surface area contributed by atoms with Crippen molar-refractivity contribution in [3.63, 3.8) is 0 Å². The summed E-state index contributed by atoms with van der Waals surface area (Å²) in [7, 11) is -2.47. The van der Waals surface area contributed by atoms with E-state index in [2.05, 4.69) is 5.32 Å². The first kappa shape index (κ1) is 25.1. The Bertz CT molecular complexity index is 1220. The zero-order chi connectivity index (χ0) is 24.7. The van der Waals surface area contributed by atoms with Crippen molar-refractivity contribution in [1.82, 2.24) is 5.32 Å². The van der Waals surface area contributed by atoms with Crippen LogP contribution in [0.3, 0.4) is 0 Å². The van der Waals surface area contributed by atoms with E-state index in [4.69, 9.17) is 9.47 Å². The molecule has 0 radical (unpaired) electrons. The van der Waals surface area contributed by atoms with Gasteiger partial charge in [0.1, 0.15) is 24.7 Å². The fraction of sp³-hybridized carbons (Fsp3) is 0.269. The monoisotopic (exact) mass is 482 g/mol. The number of ether oxygens (including phenoxy) is 2. The number of methoxy groups -OCH3 is 1. The zero-order valence-corrected chi connectivity index (χ0v) is 20.7. The summed E-state index contributed by atoms with van der Waals surface area (Å²) in [6.07, 6.45) is 0. The van der Waals surface area contributed by atoms with Gasteiger partial charge in [-0.05, 0) is 74.4 Å². The smallest absolute Gasteiger partial charge is 0.264 e. The molecule has 0 aliphatic heterocycles. The van der Waals surface area contributed by atoms with Gasteiger partial charge in [-0.15, -0.1) is 0 Å². The molecule has 0 saturated heterocycles. The second kappa shape index (κ2) is 11.1. The highest BCUT2D eigenvalue weighted by atomic mass is 32.2. The van der Waals surface area contributed by atoms with Crippen molar-refractivity contribution < 1.29 is 22.7 Å². The number of carbonyl (C=O) groups is 1. The van der Waals surface area contributed by atoms with Crippen LogP contribution in [0.15, 0.2) is 71.6 Å². The minimum Gasteiger partial charge on any atom is -0.497 e. The van der Waals surface area contributed by atoms with E-state index >= 15 is 0 Å². The van der Waals surface area contributed by atoms with Crippen LogP contribution >= 0.6 is 0 Å². The normalized spacial score (nSPS) is 11.1. The van der Waals surface area contributed by atoms with E-state index in [-0.39, 0.29) is 24.6 Å². The Labute approximate surface area is 201 Å². The third-order valence-electron chi connectivity index (χ3n) is 5.49. The first-order chi connectivity index (χ1) is 16.2. The summed E-state index contributed by atoms with van der Waals surface area (Å²) in [6, 6.07) is 18.9. The van der Waals surface area contributed by atoms with Gasteiger partial charge >= 0.3 is 0 Å². The molecule has 0 unspecified atom stereocenters. The summed E-state index contributed by atoms with van der Waals surface area (Å²) in [5.41, 5.74) is 3.56. The van der Waals surface area contributed by atoms with Crippen LogP contribution in [-0.2, 0) is 14.8 Å². The van der Waals surface area contributed by atoms with Crippen LogP contribution in [0.25, 0.3) is 0 Å². The highest BCUT2D eigenvalue weighted by Gasteiger charge is 2.27. The van der Waals surface area contributed by atoms with E-state index in [1.165, 1.54) is 19.2 Å². The van der Waals surface area contributed by atoms with Crippen LogP contribution in [0.2, 0.25) is 0 Å². The van der Waals surface area contributed by atoms with Gasteiger partial charge in [0.05, 0.1) is 24.2 Å². The average molecular weight is 483 g/mol. The molecule has 0 spiro atoms. The Hall–Kier alpha value is -3.52. The zero-order valence-electron chi connectivity index (χ0n) is 19.9. The number of amides is 1. The van der Waals surface area contributed by atoms with E-state index in [9.17, 15) is 13.2 Å². The quantitative estimate of drug-likeness (QED) is 0.442. The number of hydrogen-bond donors (Lipinski definition) is 1. The van der Waals surface area contributed by atoms with Crippen LogP contribution in [0.5, 0.6) is 11.5 Å². The fourth-order valence-corrected chi connectivity index (χ4v) is 4.74. The van der Waals surface area contributed by atoms with Gasteiger partial charge < -0.3 is 14.8 Å². The summed E-state index contributed by atoms with van der Waals surface area (Å²) >= 11 is 0. The van der Waals surface area contributed by atoms with Crippen LogP contribution in [0, 0.1) is 20.8 Å². The molecule has 1 N–H and O–H groups in total. The fourth-order valence-electron chi connectivity index (χ4n) is 3.32. The van der Waals surface area contributed by atoms with Crippen molar-refractivity contribution in [2.45, 2.75) is 25.7 Å². The lowest BCUT2D eigenvalue weighted by Gasteiger charge is -2.24. The number of carbonyl (C=O) groups excluding carboxylic acids is 1. The molecule has 8 heteroatoms. The van der Waals surface area contributed by atoms with E-state index in [1.807, 2.05) is 51.1 Å². The third-order valence-corrected chi connectivity index (χ3v) is 7.28. The topological polar surface area (TPSA) is 84.9 Å². The molecule has 0 saturated carbocycles. The summed E-state index contributed by atoms with van der Waals surface area (Å²) in [5.74, 6) is 0.877. The van der Waals surface area contributed by atoms with Gasteiger partial charge in [0, 0.05) is 0 Å². The molecule has 0 aliphatic rings. The lowest BCUT2D eigenvalue weighted by atomic mass is 10.1. The Balaban J connectivity index is 1.71. The molecule has 0 bridgehead atoms. The Morgan fingerprint density at radius 3 is 2.26 bits per heavy atom. The van der Waals surface area contributed by atoms with E-state index in [1.54, 1.807) is 24.3 Å². The van der Waals surface area contributed by atoms with Gasteiger partial charge in [-0.3, -0.25) is 9.10 Å². The Kier molecular flexibility index (Phi) is 8.17. The number of anilines is 1. The van der Waals surface area contributed by atoms with Crippen molar-refractivity contribution in [3.8, 4) is 11.5 Å². The SMILES string of the molecule is COc1ccc(S(=O)(=O)N(CC(=O)NCCOc2cccc(C)c2C)c2ccc(C)cc2)cc1. The standard InChI is InChI=1S/C26H30N2O5S/c1-19-8-10-22(11-9-19)28(34(30,31)24-14-12-23(32-4)13-15-24)18-26(29)27-16-17-33-25-7-5-6-20(2)21(25)3/h5-15H,16-18H2,1-4H3,(H,27,29). The molecule has 0 atom stereocenters.